The quantitative estimate of drug-likeness (QED) is 0.0732. The SMILES string of the molecule is [CH2-]N1CCN(CC(=O)NC(CCCN=C(N)N)C(=O)c2nccs2)C(=O)C1Cc1ccccc1.[K+]. The van der Waals surface area contributed by atoms with Crippen LogP contribution in [0.25, 0.3) is 0 Å². The van der Waals surface area contributed by atoms with E-state index in [1.807, 2.05) is 30.3 Å². The van der Waals surface area contributed by atoms with Crippen LogP contribution in [0.5, 0.6) is 0 Å². The number of nitrogens with two attached hydrogens (primary N) is 2. The van der Waals surface area contributed by atoms with Crippen molar-refractivity contribution in [1.29, 1.82) is 0 Å². The second-order valence-electron chi connectivity index (χ2n) is 8.05. The van der Waals surface area contributed by atoms with Crippen molar-refractivity contribution in [3.8, 4) is 0 Å². The molecule has 2 unspecified atom stereocenters. The zero-order valence-electron chi connectivity index (χ0n) is 19.9. The third-order valence-electron chi connectivity index (χ3n) is 5.54. The van der Waals surface area contributed by atoms with Crippen molar-refractivity contribution in [3.05, 3.63) is 59.5 Å². The number of rotatable bonds is 11. The molecule has 0 spiro atoms. The van der Waals surface area contributed by atoms with Crippen molar-refractivity contribution in [2.24, 2.45) is 16.5 Å². The summed E-state index contributed by atoms with van der Waals surface area (Å²) in [5, 5.41) is 4.80. The van der Waals surface area contributed by atoms with Crippen LogP contribution < -0.4 is 68.2 Å². The predicted octanol–water partition coefficient (Wildman–Crippen LogP) is -2.58. The molecule has 10 nitrogen and oxygen atoms in total. The molecule has 3 rings (SSSR count). The van der Waals surface area contributed by atoms with Crippen LogP contribution in [0.2, 0.25) is 0 Å². The number of Topliss-reactive ketones (excluding diaryl/α,β-unsaturated/α-hetero) is 1. The molecule has 12 heteroatoms. The number of amides is 2. The van der Waals surface area contributed by atoms with Gasteiger partial charge < -0.3 is 26.6 Å². The van der Waals surface area contributed by atoms with Gasteiger partial charge in [-0.1, -0.05) is 30.3 Å². The van der Waals surface area contributed by atoms with E-state index in [1.165, 1.54) is 16.2 Å². The summed E-state index contributed by atoms with van der Waals surface area (Å²) < 4.78 is 0. The average molecular weight is 524 g/mol. The van der Waals surface area contributed by atoms with Gasteiger partial charge in [0, 0.05) is 24.7 Å². The van der Waals surface area contributed by atoms with Gasteiger partial charge in [0.25, 0.3) is 0 Å². The van der Waals surface area contributed by atoms with Crippen LogP contribution in [0.3, 0.4) is 0 Å². The molecule has 1 aliphatic heterocycles. The van der Waals surface area contributed by atoms with E-state index < -0.39 is 18.0 Å². The van der Waals surface area contributed by atoms with Crippen LogP contribution >= 0.6 is 11.3 Å². The fourth-order valence-electron chi connectivity index (χ4n) is 3.77. The van der Waals surface area contributed by atoms with E-state index >= 15 is 0 Å². The van der Waals surface area contributed by atoms with E-state index in [0.717, 1.165) is 5.56 Å². The van der Waals surface area contributed by atoms with Gasteiger partial charge in [-0.3, -0.25) is 26.4 Å². The van der Waals surface area contributed by atoms with Crippen molar-refractivity contribution in [2.45, 2.75) is 31.3 Å². The summed E-state index contributed by atoms with van der Waals surface area (Å²) in [6, 6.07) is 8.47. The predicted molar refractivity (Wildman–Crippen MR) is 131 cm³/mol. The molecule has 0 aliphatic carbocycles. The number of ketones is 1. The Morgan fingerprint density at radius 2 is 2.00 bits per heavy atom. The normalized spacial score (nSPS) is 16.8. The molecule has 35 heavy (non-hydrogen) atoms. The van der Waals surface area contributed by atoms with Gasteiger partial charge >= 0.3 is 51.4 Å². The second-order valence-corrected chi connectivity index (χ2v) is 8.94. The molecule has 1 aliphatic rings. The minimum Gasteiger partial charge on any atom is -0.447 e. The van der Waals surface area contributed by atoms with E-state index in [4.69, 9.17) is 11.5 Å². The van der Waals surface area contributed by atoms with E-state index in [1.54, 1.807) is 16.5 Å². The molecule has 0 saturated carbocycles. The molecular formula is C23H30KN7O3S. The molecule has 2 atom stereocenters. The fraction of sp³-hybridized carbons (Fsp3) is 0.391. The summed E-state index contributed by atoms with van der Waals surface area (Å²) in [5.74, 6) is -0.860. The number of carbonyl (C=O) groups is 3. The standard InChI is InChI=1S/C23H30N7O3S.K/c1-29-11-12-30(22(33)18(29)14-16-6-3-2-4-7-16)15-19(31)28-17(8-5-9-27-23(24)25)20(32)21-26-10-13-34-21;/h2-4,6-7,10,13,17-18H,1,5,8-9,11-12,14-15H2,(H,28,31)(H4,24,25,27);/q-1;+1. The second kappa shape index (κ2) is 14.8. The number of thiazole rings is 1. The zero-order valence-corrected chi connectivity index (χ0v) is 23.9. The molecule has 2 aromatic rings. The first kappa shape index (κ1) is 29.6. The van der Waals surface area contributed by atoms with Crippen molar-refractivity contribution in [3.63, 3.8) is 0 Å². The van der Waals surface area contributed by atoms with Crippen molar-refractivity contribution < 1.29 is 65.8 Å². The molecule has 0 bridgehead atoms. The van der Waals surface area contributed by atoms with Gasteiger partial charge in [-0.25, -0.2) is 4.98 Å². The molecule has 2 heterocycles. The number of nitrogens with zero attached hydrogens (tertiary/aromatic N) is 4. The number of nitrogens with one attached hydrogen (secondary N) is 1. The maximum absolute atomic E-state index is 13.1. The number of aromatic nitrogens is 1. The molecule has 1 fully saturated rings. The Bertz CT molecular complexity index is 1000. The average Bonchev–Trinajstić information content (AvgIpc) is 3.35. The van der Waals surface area contributed by atoms with Gasteiger partial charge in [0.1, 0.15) is 0 Å². The largest absolute Gasteiger partial charge is 1.00 e. The van der Waals surface area contributed by atoms with Gasteiger partial charge in [0.15, 0.2) is 11.0 Å². The molecule has 5 N–H and O–H groups in total. The van der Waals surface area contributed by atoms with Gasteiger partial charge in [0.05, 0.1) is 18.6 Å². The van der Waals surface area contributed by atoms with Crippen LogP contribution in [0, 0.1) is 7.05 Å². The van der Waals surface area contributed by atoms with Crippen molar-refractivity contribution >= 4 is 34.9 Å². The van der Waals surface area contributed by atoms with Crippen LogP contribution in [0.1, 0.15) is 28.2 Å². The number of carbonyl (C=O) groups excluding carboxylic acids is 3. The summed E-state index contributed by atoms with van der Waals surface area (Å²) in [6.07, 6.45) is 2.90. The van der Waals surface area contributed by atoms with E-state index in [-0.39, 0.29) is 75.6 Å². The first-order valence-corrected chi connectivity index (χ1v) is 11.9. The van der Waals surface area contributed by atoms with Crippen molar-refractivity contribution in [2.75, 3.05) is 26.2 Å². The summed E-state index contributed by atoms with van der Waals surface area (Å²) in [6.45, 7) is 1.14. The Morgan fingerprint density at radius 3 is 2.66 bits per heavy atom. The number of hydrogen-bond acceptors (Lipinski definition) is 7. The van der Waals surface area contributed by atoms with E-state index in [2.05, 4.69) is 22.3 Å². The van der Waals surface area contributed by atoms with Crippen LogP contribution in [-0.2, 0) is 16.0 Å². The number of guanidine groups is 1. The minimum atomic E-state index is -0.780. The first-order chi connectivity index (χ1) is 16.3. The van der Waals surface area contributed by atoms with Gasteiger partial charge in [0.2, 0.25) is 17.6 Å². The first-order valence-electron chi connectivity index (χ1n) is 11.0. The topological polar surface area (TPSA) is 147 Å². The molecule has 2 amide bonds. The summed E-state index contributed by atoms with van der Waals surface area (Å²) >= 11 is 1.21. The summed E-state index contributed by atoms with van der Waals surface area (Å²) in [7, 11) is 4.00. The number of hydrogen-bond donors (Lipinski definition) is 3. The summed E-state index contributed by atoms with van der Waals surface area (Å²) in [4.78, 5) is 50.1. The smallest absolute Gasteiger partial charge is 0.447 e. The van der Waals surface area contributed by atoms with Crippen molar-refractivity contribution in [1.82, 2.24) is 20.1 Å². The Balaban J connectivity index is 0.00000432. The molecule has 1 aromatic carbocycles. The third kappa shape index (κ3) is 9.05. The van der Waals surface area contributed by atoms with E-state index in [9.17, 15) is 14.4 Å². The number of aliphatic imine (C=N–C) groups is 1. The Labute approximate surface area is 252 Å². The maximum Gasteiger partial charge on any atom is 1.00 e. The van der Waals surface area contributed by atoms with Crippen LogP contribution in [0.4, 0.5) is 0 Å². The fourth-order valence-corrected chi connectivity index (χ4v) is 4.40. The molecule has 1 saturated heterocycles. The zero-order chi connectivity index (χ0) is 24.5. The summed E-state index contributed by atoms with van der Waals surface area (Å²) in [5.41, 5.74) is 11.7. The molecule has 182 valence electrons. The van der Waals surface area contributed by atoms with Gasteiger partial charge in [-0.05, 0) is 31.4 Å². The third-order valence-corrected chi connectivity index (χ3v) is 6.33. The molecule has 1 aromatic heterocycles. The monoisotopic (exact) mass is 523 g/mol. The van der Waals surface area contributed by atoms with Crippen LogP contribution in [-0.4, -0.2) is 76.6 Å². The Morgan fingerprint density at radius 1 is 1.26 bits per heavy atom. The van der Waals surface area contributed by atoms with Crippen LogP contribution in [0.15, 0.2) is 46.9 Å². The number of benzene rings is 1. The van der Waals surface area contributed by atoms with E-state index in [0.29, 0.717) is 43.9 Å². The van der Waals surface area contributed by atoms with Gasteiger partial charge in [-0.2, -0.15) is 0 Å². The minimum absolute atomic E-state index is 0. The van der Waals surface area contributed by atoms with Gasteiger partial charge in [-0.15, -0.1) is 11.3 Å². The molecule has 0 radical (unpaired) electrons. The Kier molecular flexibility index (Phi) is 12.5. The molecular weight excluding hydrogens is 493 g/mol. The maximum atomic E-state index is 13.1. The number of piperazine rings is 1. The Hall–Kier alpha value is -1.67.